The van der Waals surface area contributed by atoms with Crippen LogP contribution in [0.1, 0.15) is 38.7 Å². The molecule has 0 amide bonds. The van der Waals surface area contributed by atoms with Crippen LogP contribution < -0.4 is 10.6 Å². The van der Waals surface area contributed by atoms with Crippen LogP contribution >= 0.6 is 24.0 Å². The van der Waals surface area contributed by atoms with E-state index in [0.717, 1.165) is 25.6 Å². The molecule has 5 heteroatoms. The van der Waals surface area contributed by atoms with Crippen molar-refractivity contribution in [2.45, 2.75) is 39.7 Å². The molecule has 2 N–H and O–H groups in total. The molecule has 0 saturated carbocycles. The quantitative estimate of drug-likeness (QED) is 0.384. The standard InChI is InChI=1S/C19H32N4.HI/c1-3-20-19(22-15-18-10-6-4-7-11-18)21-14-17(2)16-23-12-8-5-9-13-23;/h4,6-7,10-11,17H,3,5,8-9,12-16H2,1-2H3,(H2,20,21,22);1H. The van der Waals surface area contributed by atoms with Crippen molar-refractivity contribution in [2.75, 3.05) is 32.7 Å². The second-order valence-electron chi connectivity index (χ2n) is 6.53. The lowest BCUT2D eigenvalue weighted by Crippen LogP contribution is -2.42. The molecule has 0 bridgehead atoms. The Hall–Kier alpha value is -0.820. The molecule has 136 valence electrons. The van der Waals surface area contributed by atoms with Crippen molar-refractivity contribution < 1.29 is 0 Å². The fourth-order valence-electron chi connectivity index (χ4n) is 3.01. The molecule has 24 heavy (non-hydrogen) atoms. The third kappa shape index (κ3) is 8.33. The fraction of sp³-hybridized carbons (Fsp3) is 0.632. The van der Waals surface area contributed by atoms with Gasteiger partial charge in [0.25, 0.3) is 0 Å². The van der Waals surface area contributed by atoms with Gasteiger partial charge in [0.05, 0.1) is 6.54 Å². The van der Waals surface area contributed by atoms with Gasteiger partial charge in [-0.15, -0.1) is 24.0 Å². The first-order valence-corrected chi connectivity index (χ1v) is 9.06. The zero-order valence-corrected chi connectivity index (χ0v) is 17.5. The highest BCUT2D eigenvalue weighted by molar-refractivity contribution is 14.0. The van der Waals surface area contributed by atoms with Gasteiger partial charge < -0.3 is 15.5 Å². The highest BCUT2D eigenvalue weighted by atomic mass is 127. The molecule has 0 aromatic heterocycles. The number of likely N-dealkylation sites (tertiary alicyclic amines) is 1. The van der Waals surface area contributed by atoms with Crippen molar-refractivity contribution in [3.05, 3.63) is 35.9 Å². The van der Waals surface area contributed by atoms with Gasteiger partial charge in [-0.2, -0.15) is 0 Å². The molecule has 1 heterocycles. The van der Waals surface area contributed by atoms with E-state index in [2.05, 4.69) is 58.6 Å². The average molecular weight is 444 g/mol. The van der Waals surface area contributed by atoms with Crippen molar-refractivity contribution in [1.29, 1.82) is 0 Å². The molecule has 0 aliphatic carbocycles. The number of nitrogens with one attached hydrogen (secondary N) is 2. The number of hydrogen-bond donors (Lipinski definition) is 2. The Balaban J connectivity index is 0.00000288. The lowest BCUT2D eigenvalue weighted by molar-refractivity contribution is 0.201. The summed E-state index contributed by atoms with van der Waals surface area (Å²) >= 11 is 0. The minimum atomic E-state index is 0. The van der Waals surface area contributed by atoms with E-state index in [-0.39, 0.29) is 24.0 Å². The highest BCUT2D eigenvalue weighted by Crippen LogP contribution is 2.10. The second-order valence-corrected chi connectivity index (χ2v) is 6.53. The fourth-order valence-corrected chi connectivity index (χ4v) is 3.01. The maximum Gasteiger partial charge on any atom is 0.191 e. The van der Waals surface area contributed by atoms with Gasteiger partial charge in [0.1, 0.15) is 0 Å². The zero-order chi connectivity index (χ0) is 16.3. The Labute approximate surface area is 164 Å². The summed E-state index contributed by atoms with van der Waals surface area (Å²) in [5.74, 6) is 1.55. The lowest BCUT2D eigenvalue weighted by Gasteiger charge is -2.29. The van der Waals surface area contributed by atoms with E-state index in [9.17, 15) is 0 Å². The highest BCUT2D eigenvalue weighted by Gasteiger charge is 2.13. The minimum absolute atomic E-state index is 0. The van der Waals surface area contributed by atoms with Crippen molar-refractivity contribution in [3.8, 4) is 0 Å². The molecule has 1 atom stereocenters. The number of hydrogen-bond acceptors (Lipinski definition) is 2. The van der Waals surface area contributed by atoms with Crippen LogP contribution in [-0.2, 0) is 6.54 Å². The summed E-state index contributed by atoms with van der Waals surface area (Å²) in [5.41, 5.74) is 1.24. The zero-order valence-electron chi connectivity index (χ0n) is 15.1. The van der Waals surface area contributed by atoms with Gasteiger partial charge in [0, 0.05) is 19.6 Å². The summed E-state index contributed by atoms with van der Waals surface area (Å²) in [6.07, 6.45) is 4.13. The SMILES string of the molecule is CCNC(=NCc1ccccc1)NCC(C)CN1CCCCC1.I. The van der Waals surface area contributed by atoms with E-state index in [4.69, 9.17) is 0 Å². The number of rotatable bonds is 7. The first-order valence-electron chi connectivity index (χ1n) is 9.06. The molecule has 0 spiro atoms. The molecule has 1 aromatic rings. The van der Waals surface area contributed by atoms with E-state index in [1.165, 1.54) is 44.5 Å². The van der Waals surface area contributed by atoms with Crippen molar-refractivity contribution >= 4 is 29.9 Å². The molecule has 4 nitrogen and oxygen atoms in total. The van der Waals surface area contributed by atoms with Crippen LogP contribution in [0.5, 0.6) is 0 Å². The third-order valence-electron chi connectivity index (χ3n) is 4.24. The summed E-state index contributed by atoms with van der Waals surface area (Å²) in [6.45, 7) is 10.7. The predicted octanol–water partition coefficient (Wildman–Crippen LogP) is 3.48. The Morgan fingerprint density at radius 3 is 2.50 bits per heavy atom. The van der Waals surface area contributed by atoms with E-state index in [1.807, 2.05) is 6.07 Å². The number of benzene rings is 1. The van der Waals surface area contributed by atoms with Crippen LogP contribution in [0.3, 0.4) is 0 Å². The number of aliphatic imine (C=N–C) groups is 1. The first kappa shape index (κ1) is 21.2. The van der Waals surface area contributed by atoms with Gasteiger partial charge in [0.2, 0.25) is 0 Å². The minimum Gasteiger partial charge on any atom is -0.357 e. The van der Waals surface area contributed by atoms with Crippen molar-refractivity contribution in [3.63, 3.8) is 0 Å². The molecule has 1 aromatic carbocycles. The molecule has 0 radical (unpaired) electrons. The van der Waals surface area contributed by atoms with E-state index in [1.54, 1.807) is 0 Å². The third-order valence-corrected chi connectivity index (χ3v) is 4.24. The van der Waals surface area contributed by atoms with Crippen molar-refractivity contribution in [2.24, 2.45) is 10.9 Å². The van der Waals surface area contributed by atoms with Gasteiger partial charge in [-0.25, -0.2) is 4.99 Å². The molecule has 2 rings (SSSR count). The normalized spacial score (nSPS) is 17.0. The molecule has 1 unspecified atom stereocenters. The van der Waals surface area contributed by atoms with Gasteiger partial charge in [0.15, 0.2) is 5.96 Å². The van der Waals surface area contributed by atoms with Gasteiger partial charge >= 0.3 is 0 Å². The van der Waals surface area contributed by atoms with Crippen molar-refractivity contribution in [1.82, 2.24) is 15.5 Å². The number of guanidine groups is 1. The molecule has 1 aliphatic heterocycles. The topological polar surface area (TPSA) is 39.7 Å². The summed E-state index contributed by atoms with van der Waals surface area (Å²) in [7, 11) is 0. The van der Waals surface area contributed by atoms with Crippen LogP contribution in [0.15, 0.2) is 35.3 Å². The Morgan fingerprint density at radius 2 is 1.83 bits per heavy atom. The first-order chi connectivity index (χ1) is 11.3. The average Bonchev–Trinajstić information content (AvgIpc) is 2.59. The monoisotopic (exact) mass is 444 g/mol. The summed E-state index contributed by atoms with van der Waals surface area (Å²) < 4.78 is 0. The van der Waals surface area contributed by atoms with Crippen LogP contribution in [0.4, 0.5) is 0 Å². The van der Waals surface area contributed by atoms with E-state index >= 15 is 0 Å². The second kappa shape index (κ2) is 12.5. The van der Waals surface area contributed by atoms with Gasteiger partial charge in [-0.1, -0.05) is 43.7 Å². The summed E-state index contributed by atoms with van der Waals surface area (Å²) in [6, 6.07) is 10.4. The largest absolute Gasteiger partial charge is 0.357 e. The number of nitrogens with zero attached hydrogens (tertiary/aromatic N) is 2. The summed E-state index contributed by atoms with van der Waals surface area (Å²) in [5, 5.41) is 6.83. The van der Waals surface area contributed by atoms with Gasteiger partial charge in [-0.05, 0) is 44.3 Å². The summed E-state index contributed by atoms with van der Waals surface area (Å²) in [4.78, 5) is 7.28. The lowest BCUT2D eigenvalue weighted by atomic mass is 10.1. The van der Waals surface area contributed by atoms with E-state index < -0.39 is 0 Å². The maximum absolute atomic E-state index is 4.68. The predicted molar refractivity (Wildman–Crippen MR) is 114 cm³/mol. The van der Waals surface area contributed by atoms with E-state index in [0.29, 0.717) is 5.92 Å². The Kier molecular flexibility index (Phi) is 11.1. The maximum atomic E-state index is 4.68. The van der Waals surface area contributed by atoms with Crippen LogP contribution in [-0.4, -0.2) is 43.6 Å². The van der Waals surface area contributed by atoms with Crippen LogP contribution in [0.25, 0.3) is 0 Å². The van der Waals surface area contributed by atoms with Crippen LogP contribution in [0, 0.1) is 5.92 Å². The smallest absolute Gasteiger partial charge is 0.191 e. The van der Waals surface area contributed by atoms with Crippen LogP contribution in [0.2, 0.25) is 0 Å². The molecule has 1 saturated heterocycles. The molecular weight excluding hydrogens is 411 g/mol. The molecule has 1 aliphatic rings. The number of halogens is 1. The van der Waals surface area contributed by atoms with Gasteiger partial charge in [-0.3, -0.25) is 0 Å². The Morgan fingerprint density at radius 1 is 1.12 bits per heavy atom. The Bertz CT molecular complexity index is 458. The molecule has 1 fully saturated rings. The molecular formula is C19H33IN4. The number of piperidine rings is 1.